The number of hydrogen-bond acceptors (Lipinski definition) is 4. The van der Waals surface area contributed by atoms with E-state index in [4.69, 9.17) is 0 Å². The highest BCUT2D eigenvalue weighted by molar-refractivity contribution is 5.89. The molecule has 0 aromatic carbocycles. The Bertz CT molecular complexity index is 378. The van der Waals surface area contributed by atoms with Crippen LogP contribution in [-0.2, 0) is 9.59 Å². The van der Waals surface area contributed by atoms with Gasteiger partial charge in [-0.3, -0.25) is 14.5 Å². The molecule has 0 aromatic heterocycles. The summed E-state index contributed by atoms with van der Waals surface area (Å²) in [5.74, 6) is 0.289. The number of nitrogens with zero attached hydrogens (tertiary/aromatic N) is 2. The summed E-state index contributed by atoms with van der Waals surface area (Å²) in [6, 6.07) is 0.368. The lowest BCUT2D eigenvalue weighted by atomic mass is 10.0. The zero-order valence-corrected chi connectivity index (χ0v) is 13.4. The monoisotopic (exact) mass is 296 g/mol. The van der Waals surface area contributed by atoms with Crippen molar-refractivity contribution in [3.05, 3.63) is 0 Å². The third kappa shape index (κ3) is 4.41. The molecule has 0 aliphatic carbocycles. The van der Waals surface area contributed by atoms with Gasteiger partial charge in [0.1, 0.15) is 0 Å². The van der Waals surface area contributed by atoms with Crippen molar-refractivity contribution < 1.29 is 9.59 Å². The third-order valence-electron chi connectivity index (χ3n) is 4.61. The number of carbonyl (C=O) groups excluding carboxylic acids is 2. The second-order valence-corrected chi connectivity index (χ2v) is 6.60. The Morgan fingerprint density at radius 1 is 1.33 bits per heavy atom. The molecule has 0 radical (unpaired) electrons. The molecule has 2 aliphatic heterocycles. The summed E-state index contributed by atoms with van der Waals surface area (Å²) in [6.07, 6.45) is 0.326. The standard InChI is InChI=1S/C15H28N4O2/c1-11(2)13(19-6-4-18(3)5-7-19)10-17-15(21)12-8-14(20)16-9-12/h11-13H,4-10H2,1-3H3,(H,16,20)(H,17,21). The molecule has 6 nitrogen and oxygen atoms in total. The Kier molecular flexibility index (Phi) is 5.58. The second-order valence-electron chi connectivity index (χ2n) is 6.60. The Balaban J connectivity index is 1.82. The first-order chi connectivity index (χ1) is 9.97. The molecule has 2 N–H and O–H groups in total. The molecule has 0 aromatic rings. The van der Waals surface area contributed by atoms with E-state index in [0.29, 0.717) is 31.5 Å². The number of rotatable bonds is 5. The highest BCUT2D eigenvalue weighted by Gasteiger charge is 2.30. The molecule has 0 bridgehead atoms. The molecule has 21 heavy (non-hydrogen) atoms. The summed E-state index contributed by atoms with van der Waals surface area (Å²) in [5, 5.41) is 5.76. The summed E-state index contributed by atoms with van der Waals surface area (Å²) >= 11 is 0. The highest BCUT2D eigenvalue weighted by Crippen LogP contribution is 2.14. The molecule has 2 atom stereocenters. The van der Waals surface area contributed by atoms with Crippen LogP contribution in [0, 0.1) is 11.8 Å². The van der Waals surface area contributed by atoms with Crippen molar-refractivity contribution in [3.63, 3.8) is 0 Å². The fraction of sp³-hybridized carbons (Fsp3) is 0.867. The Labute approximate surface area is 127 Å². The minimum Gasteiger partial charge on any atom is -0.355 e. The lowest BCUT2D eigenvalue weighted by Gasteiger charge is -2.40. The molecule has 2 fully saturated rings. The first kappa shape index (κ1) is 16.2. The van der Waals surface area contributed by atoms with Crippen LogP contribution in [-0.4, -0.2) is 74.0 Å². The average molecular weight is 296 g/mol. The van der Waals surface area contributed by atoms with Crippen LogP contribution in [0.2, 0.25) is 0 Å². The maximum atomic E-state index is 12.1. The van der Waals surface area contributed by atoms with Crippen LogP contribution in [0.5, 0.6) is 0 Å². The quantitative estimate of drug-likeness (QED) is 0.719. The van der Waals surface area contributed by atoms with Crippen molar-refractivity contribution in [1.29, 1.82) is 0 Å². The number of piperazine rings is 1. The van der Waals surface area contributed by atoms with Crippen LogP contribution in [0.3, 0.4) is 0 Å². The van der Waals surface area contributed by atoms with E-state index in [-0.39, 0.29) is 17.7 Å². The van der Waals surface area contributed by atoms with Crippen molar-refractivity contribution in [2.75, 3.05) is 46.3 Å². The number of amides is 2. The van der Waals surface area contributed by atoms with Crippen molar-refractivity contribution in [2.24, 2.45) is 11.8 Å². The van der Waals surface area contributed by atoms with E-state index >= 15 is 0 Å². The predicted molar refractivity (Wildman–Crippen MR) is 81.8 cm³/mol. The van der Waals surface area contributed by atoms with Gasteiger partial charge in [-0.05, 0) is 13.0 Å². The highest BCUT2D eigenvalue weighted by atomic mass is 16.2. The summed E-state index contributed by atoms with van der Waals surface area (Å²) < 4.78 is 0. The van der Waals surface area contributed by atoms with Gasteiger partial charge in [0.05, 0.1) is 5.92 Å². The van der Waals surface area contributed by atoms with Gasteiger partial charge in [-0.1, -0.05) is 13.8 Å². The van der Waals surface area contributed by atoms with Gasteiger partial charge >= 0.3 is 0 Å². The van der Waals surface area contributed by atoms with Crippen molar-refractivity contribution in [1.82, 2.24) is 20.4 Å². The zero-order valence-electron chi connectivity index (χ0n) is 13.4. The fourth-order valence-electron chi connectivity index (χ4n) is 3.08. The van der Waals surface area contributed by atoms with Gasteiger partial charge in [0.15, 0.2) is 0 Å². The number of carbonyl (C=O) groups is 2. The molecule has 2 aliphatic rings. The van der Waals surface area contributed by atoms with E-state index in [9.17, 15) is 9.59 Å². The summed E-state index contributed by atoms with van der Waals surface area (Å²) in [4.78, 5) is 28.1. The van der Waals surface area contributed by atoms with E-state index in [1.54, 1.807) is 0 Å². The van der Waals surface area contributed by atoms with E-state index in [2.05, 4.69) is 41.3 Å². The van der Waals surface area contributed by atoms with Crippen LogP contribution in [0.15, 0.2) is 0 Å². The number of likely N-dealkylation sites (N-methyl/N-ethyl adjacent to an activating group) is 1. The number of nitrogens with one attached hydrogen (secondary N) is 2. The molecular weight excluding hydrogens is 268 g/mol. The molecular formula is C15H28N4O2. The summed E-state index contributed by atoms with van der Waals surface area (Å²) in [6.45, 7) is 9.83. The van der Waals surface area contributed by atoms with Gasteiger partial charge in [0.25, 0.3) is 0 Å². The van der Waals surface area contributed by atoms with Gasteiger partial charge in [-0.25, -0.2) is 0 Å². The summed E-state index contributed by atoms with van der Waals surface area (Å²) in [5.41, 5.74) is 0. The first-order valence-corrected chi connectivity index (χ1v) is 7.94. The van der Waals surface area contributed by atoms with Gasteiger partial charge < -0.3 is 15.5 Å². The molecule has 6 heteroatoms. The van der Waals surface area contributed by atoms with E-state index in [0.717, 1.165) is 26.2 Å². The van der Waals surface area contributed by atoms with E-state index < -0.39 is 0 Å². The predicted octanol–water partition coefficient (Wildman–Crippen LogP) is -0.489. The molecule has 0 saturated carbocycles. The van der Waals surface area contributed by atoms with Gasteiger partial charge in [-0.15, -0.1) is 0 Å². The fourth-order valence-corrected chi connectivity index (χ4v) is 3.08. The van der Waals surface area contributed by atoms with Crippen molar-refractivity contribution >= 4 is 11.8 Å². The third-order valence-corrected chi connectivity index (χ3v) is 4.61. The largest absolute Gasteiger partial charge is 0.355 e. The smallest absolute Gasteiger partial charge is 0.225 e. The van der Waals surface area contributed by atoms with E-state index in [1.165, 1.54) is 0 Å². The Morgan fingerprint density at radius 2 is 2.00 bits per heavy atom. The maximum Gasteiger partial charge on any atom is 0.225 e. The van der Waals surface area contributed by atoms with Crippen molar-refractivity contribution in [2.45, 2.75) is 26.3 Å². The minimum absolute atomic E-state index is 0.00753. The second kappa shape index (κ2) is 7.22. The molecule has 2 saturated heterocycles. The average Bonchev–Trinajstić information content (AvgIpc) is 2.87. The minimum atomic E-state index is -0.196. The van der Waals surface area contributed by atoms with Crippen LogP contribution in [0.25, 0.3) is 0 Å². The summed E-state index contributed by atoms with van der Waals surface area (Å²) in [7, 11) is 2.15. The molecule has 0 spiro atoms. The topological polar surface area (TPSA) is 64.7 Å². The number of hydrogen-bond donors (Lipinski definition) is 2. The zero-order chi connectivity index (χ0) is 15.4. The lowest BCUT2D eigenvalue weighted by Crippen LogP contribution is -2.54. The van der Waals surface area contributed by atoms with Crippen LogP contribution < -0.4 is 10.6 Å². The van der Waals surface area contributed by atoms with Crippen LogP contribution in [0.4, 0.5) is 0 Å². The van der Waals surface area contributed by atoms with Gasteiger partial charge in [0, 0.05) is 51.7 Å². The molecule has 2 heterocycles. The van der Waals surface area contributed by atoms with Crippen LogP contribution >= 0.6 is 0 Å². The molecule has 2 amide bonds. The van der Waals surface area contributed by atoms with Crippen LogP contribution in [0.1, 0.15) is 20.3 Å². The normalized spacial score (nSPS) is 25.9. The van der Waals surface area contributed by atoms with E-state index in [1.807, 2.05) is 0 Å². The Morgan fingerprint density at radius 3 is 2.52 bits per heavy atom. The van der Waals surface area contributed by atoms with Gasteiger partial charge in [-0.2, -0.15) is 0 Å². The Hall–Kier alpha value is -1.14. The molecule has 120 valence electrons. The lowest BCUT2D eigenvalue weighted by molar-refractivity contribution is -0.126. The SMILES string of the molecule is CC(C)C(CNC(=O)C1CNC(=O)C1)N1CCN(C)CC1. The van der Waals surface area contributed by atoms with Crippen molar-refractivity contribution in [3.8, 4) is 0 Å². The molecule has 2 rings (SSSR count). The molecule has 2 unspecified atom stereocenters. The first-order valence-electron chi connectivity index (χ1n) is 7.94. The maximum absolute atomic E-state index is 12.1. The van der Waals surface area contributed by atoms with Gasteiger partial charge in [0.2, 0.25) is 11.8 Å².